The molecule has 1 amide bonds. The van der Waals surface area contributed by atoms with Crippen LogP contribution >= 0.6 is 11.8 Å². The molecule has 1 aliphatic rings. The zero-order valence-electron chi connectivity index (χ0n) is 16.0. The van der Waals surface area contributed by atoms with Crippen molar-refractivity contribution in [3.05, 3.63) is 72.5 Å². The average Bonchev–Trinajstić information content (AvgIpc) is 3.28. The lowest BCUT2D eigenvalue weighted by Gasteiger charge is -2.24. The number of anilines is 1. The van der Waals surface area contributed by atoms with Crippen molar-refractivity contribution in [3.8, 4) is 0 Å². The molecule has 1 fully saturated rings. The van der Waals surface area contributed by atoms with Gasteiger partial charge in [-0.25, -0.2) is 8.42 Å². The number of benzene rings is 2. The number of nitrogens with zero attached hydrogens (tertiary/aromatic N) is 1. The Morgan fingerprint density at radius 1 is 0.933 bits per heavy atom. The van der Waals surface area contributed by atoms with Crippen molar-refractivity contribution in [2.24, 2.45) is 0 Å². The van der Waals surface area contributed by atoms with Crippen molar-refractivity contribution in [2.75, 3.05) is 31.6 Å². The minimum atomic E-state index is -3.79. The van der Waals surface area contributed by atoms with Gasteiger partial charge in [0.1, 0.15) is 0 Å². The third-order valence-corrected chi connectivity index (χ3v) is 7.33. The molecule has 2 heterocycles. The van der Waals surface area contributed by atoms with E-state index in [2.05, 4.69) is 5.32 Å². The zero-order chi connectivity index (χ0) is 21.0. The molecule has 4 rings (SSSR count). The number of nitrogens with one attached hydrogen (secondary N) is 1. The van der Waals surface area contributed by atoms with Crippen molar-refractivity contribution in [3.63, 3.8) is 0 Å². The Hall–Kier alpha value is -2.59. The van der Waals surface area contributed by atoms with E-state index in [1.807, 2.05) is 48.5 Å². The predicted molar refractivity (Wildman–Crippen MR) is 113 cm³/mol. The first-order valence-corrected chi connectivity index (χ1v) is 11.6. The van der Waals surface area contributed by atoms with E-state index in [4.69, 9.17) is 9.15 Å². The van der Waals surface area contributed by atoms with Gasteiger partial charge in [-0.05, 0) is 36.4 Å². The summed E-state index contributed by atoms with van der Waals surface area (Å²) in [7, 11) is -3.79. The normalized spacial score (nSPS) is 15.1. The number of rotatable bonds is 6. The predicted octanol–water partition coefficient (Wildman–Crippen LogP) is 3.70. The van der Waals surface area contributed by atoms with E-state index in [-0.39, 0.29) is 23.9 Å². The first-order valence-electron chi connectivity index (χ1n) is 9.35. The molecule has 9 heteroatoms. The molecule has 0 saturated carbocycles. The maximum atomic E-state index is 12.7. The minimum absolute atomic E-state index is 0.0682. The molecule has 0 bridgehead atoms. The maximum absolute atomic E-state index is 12.7. The molecule has 3 aromatic rings. The van der Waals surface area contributed by atoms with Crippen LogP contribution in [0.1, 0.15) is 10.6 Å². The number of hydrogen-bond acceptors (Lipinski definition) is 6. The summed E-state index contributed by atoms with van der Waals surface area (Å²) >= 11 is 1.52. The molecule has 1 aliphatic heterocycles. The molecule has 1 saturated heterocycles. The van der Waals surface area contributed by atoms with Crippen molar-refractivity contribution in [2.45, 2.75) is 14.9 Å². The fourth-order valence-corrected chi connectivity index (χ4v) is 5.20. The third-order valence-electron chi connectivity index (χ3n) is 4.48. The lowest BCUT2D eigenvalue weighted by Crippen LogP contribution is -2.40. The SMILES string of the molecule is O=C(Nc1ccccc1Sc1ccccc1)c1ccc(S(=O)(=O)N2CCOCC2)o1. The molecule has 0 atom stereocenters. The lowest BCUT2D eigenvalue weighted by molar-refractivity contribution is 0.0723. The molecule has 0 unspecified atom stereocenters. The minimum Gasteiger partial charge on any atom is -0.438 e. The first-order chi connectivity index (χ1) is 14.5. The Morgan fingerprint density at radius 2 is 1.63 bits per heavy atom. The number of carbonyl (C=O) groups is 1. The number of hydrogen-bond donors (Lipinski definition) is 1. The number of furan rings is 1. The summed E-state index contributed by atoms with van der Waals surface area (Å²) in [6.07, 6.45) is 0. The van der Waals surface area contributed by atoms with Crippen LogP contribution in [0.2, 0.25) is 0 Å². The standard InChI is InChI=1S/C21H20N2O5S2/c24-21(18-10-11-20(28-18)30(25,26)23-12-14-27-15-13-23)22-17-8-4-5-9-19(17)29-16-6-2-1-3-7-16/h1-11H,12-15H2,(H,22,24). The van der Waals surface area contributed by atoms with E-state index >= 15 is 0 Å². The van der Waals surface area contributed by atoms with Gasteiger partial charge >= 0.3 is 0 Å². The van der Waals surface area contributed by atoms with Gasteiger partial charge in [-0.2, -0.15) is 4.31 Å². The highest BCUT2D eigenvalue weighted by atomic mass is 32.2. The Bertz CT molecular complexity index is 1120. The smallest absolute Gasteiger partial charge is 0.291 e. The second kappa shape index (κ2) is 9.05. The summed E-state index contributed by atoms with van der Waals surface area (Å²) in [5.41, 5.74) is 0.616. The van der Waals surface area contributed by atoms with Crippen LogP contribution in [0, 0.1) is 0 Å². The van der Waals surface area contributed by atoms with Crippen LogP contribution in [0.15, 0.2) is 86.0 Å². The third kappa shape index (κ3) is 4.59. The number of amides is 1. The molecule has 1 N–H and O–H groups in total. The second-order valence-electron chi connectivity index (χ2n) is 6.50. The lowest BCUT2D eigenvalue weighted by atomic mass is 10.3. The number of para-hydroxylation sites is 1. The highest BCUT2D eigenvalue weighted by molar-refractivity contribution is 7.99. The molecule has 1 aromatic heterocycles. The van der Waals surface area contributed by atoms with Gasteiger partial charge in [0, 0.05) is 22.9 Å². The van der Waals surface area contributed by atoms with Crippen molar-refractivity contribution in [1.29, 1.82) is 0 Å². The monoisotopic (exact) mass is 444 g/mol. The van der Waals surface area contributed by atoms with E-state index < -0.39 is 15.9 Å². The van der Waals surface area contributed by atoms with Gasteiger partial charge in [0.25, 0.3) is 15.9 Å². The van der Waals surface area contributed by atoms with Crippen molar-refractivity contribution in [1.82, 2.24) is 4.31 Å². The van der Waals surface area contributed by atoms with Crippen LogP contribution < -0.4 is 5.32 Å². The fraction of sp³-hybridized carbons (Fsp3) is 0.190. The van der Waals surface area contributed by atoms with Crippen LogP contribution in [0.25, 0.3) is 0 Å². The number of carbonyl (C=O) groups excluding carboxylic acids is 1. The Kier molecular flexibility index (Phi) is 6.24. The quantitative estimate of drug-likeness (QED) is 0.624. The van der Waals surface area contributed by atoms with Gasteiger partial charge in [0.2, 0.25) is 5.09 Å². The molecule has 156 valence electrons. The molecular formula is C21H20N2O5S2. The van der Waals surface area contributed by atoms with Crippen LogP contribution in [-0.4, -0.2) is 44.9 Å². The van der Waals surface area contributed by atoms with E-state index in [9.17, 15) is 13.2 Å². The molecule has 30 heavy (non-hydrogen) atoms. The molecule has 0 radical (unpaired) electrons. The van der Waals surface area contributed by atoms with E-state index in [0.29, 0.717) is 18.9 Å². The maximum Gasteiger partial charge on any atom is 0.291 e. The fourth-order valence-electron chi connectivity index (χ4n) is 2.95. The second-order valence-corrected chi connectivity index (χ2v) is 9.48. The summed E-state index contributed by atoms with van der Waals surface area (Å²) in [6.45, 7) is 1.19. The molecular weight excluding hydrogens is 424 g/mol. The number of sulfonamides is 1. The molecule has 0 aliphatic carbocycles. The van der Waals surface area contributed by atoms with Crippen LogP contribution in [0.4, 0.5) is 5.69 Å². The van der Waals surface area contributed by atoms with Crippen LogP contribution in [0.5, 0.6) is 0 Å². The van der Waals surface area contributed by atoms with Crippen LogP contribution in [-0.2, 0) is 14.8 Å². The molecule has 2 aromatic carbocycles. The van der Waals surface area contributed by atoms with Crippen molar-refractivity contribution < 1.29 is 22.4 Å². The largest absolute Gasteiger partial charge is 0.438 e. The Labute approximate surface area is 179 Å². The summed E-state index contributed by atoms with van der Waals surface area (Å²) in [5.74, 6) is -0.583. The highest BCUT2D eigenvalue weighted by Crippen LogP contribution is 2.33. The van der Waals surface area contributed by atoms with Gasteiger partial charge in [0.15, 0.2) is 5.76 Å². The average molecular weight is 445 g/mol. The van der Waals surface area contributed by atoms with Crippen molar-refractivity contribution >= 4 is 33.4 Å². The molecule has 7 nitrogen and oxygen atoms in total. The van der Waals surface area contributed by atoms with E-state index in [1.165, 1.54) is 28.2 Å². The topological polar surface area (TPSA) is 88.9 Å². The summed E-state index contributed by atoms with van der Waals surface area (Å²) in [4.78, 5) is 14.6. The highest BCUT2D eigenvalue weighted by Gasteiger charge is 2.30. The first kappa shape index (κ1) is 20.7. The summed E-state index contributed by atoms with van der Waals surface area (Å²) in [6, 6.07) is 19.9. The number of morpholine rings is 1. The van der Waals surface area contributed by atoms with Crippen LogP contribution in [0.3, 0.4) is 0 Å². The zero-order valence-corrected chi connectivity index (χ0v) is 17.6. The van der Waals surface area contributed by atoms with Gasteiger partial charge in [-0.15, -0.1) is 0 Å². The van der Waals surface area contributed by atoms with E-state index in [0.717, 1.165) is 9.79 Å². The van der Waals surface area contributed by atoms with E-state index in [1.54, 1.807) is 6.07 Å². The van der Waals surface area contributed by atoms with Gasteiger partial charge in [-0.3, -0.25) is 4.79 Å². The van der Waals surface area contributed by atoms with Gasteiger partial charge in [0.05, 0.1) is 18.9 Å². The summed E-state index contributed by atoms with van der Waals surface area (Å²) < 4.78 is 37.3. The molecule has 0 spiro atoms. The summed E-state index contributed by atoms with van der Waals surface area (Å²) in [5, 5.41) is 2.56. The number of ether oxygens (including phenoxy) is 1. The Balaban J connectivity index is 1.50. The Morgan fingerprint density at radius 3 is 2.40 bits per heavy atom. The van der Waals surface area contributed by atoms with Gasteiger partial charge < -0.3 is 14.5 Å². The van der Waals surface area contributed by atoms with Gasteiger partial charge in [-0.1, -0.05) is 42.1 Å².